The van der Waals surface area contributed by atoms with E-state index in [2.05, 4.69) is 15.4 Å². The van der Waals surface area contributed by atoms with E-state index in [1.54, 1.807) is 4.68 Å². The van der Waals surface area contributed by atoms with Crippen molar-refractivity contribution in [3.8, 4) is 5.69 Å². The number of rotatable bonds is 3. The number of aryl methyl sites for hydroxylation is 1. The van der Waals surface area contributed by atoms with Gasteiger partial charge in [-0.2, -0.15) is 0 Å². The second-order valence-corrected chi connectivity index (χ2v) is 5.50. The van der Waals surface area contributed by atoms with Crippen LogP contribution in [0.2, 0.25) is 0 Å². The molecule has 0 radical (unpaired) electrons. The van der Waals surface area contributed by atoms with Gasteiger partial charge in [-0.1, -0.05) is 25.1 Å². The number of hydrogen-bond acceptors (Lipinski definition) is 4. The molecule has 124 valence electrons. The third kappa shape index (κ3) is 3.54. The molecule has 1 saturated heterocycles. The van der Waals surface area contributed by atoms with Crippen LogP contribution in [0.15, 0.2) is 30.3 Å². The topological polar surface area (TPSA) is 63.1 Å². The maximum atomic E-state index is 12.7. The van der Waals surface area contributed by atoms with E-state index in [0.717, 1.165) is 31.0 Å². The van der Waals surface area contributed by atoms with E-state index in [4.69, 9.17) is 0 Å². The van der Waals surface area contributed by atoms with Gasteiger partial charge in [0.1, 0.15) is 5.82 Å². The lowest BCUT2D eigenvalue weighted by Crippen LogP contribution is -2.52. The summed E-state index contributed by atoms with van der Waals surface area (Å²) < 4.78 is 1.76. The Bertz CT molecular complexity index is 658. The number of piperazine rings is 1. The smallest absolute Gasteiger partial charge is 0.293 e. The minimum Gasteiger partial charge on any atom is -0.331 e. The fourth-order valence-corrected chi connectivity index (χ4v) is 2.71. The summed E-state index contributed by atoms with van der Waals surface area (Å²) in [6.45, 7) is 6.38. The van der Waals surface area contributed by atoms with Gasteiger partial charge in [0.25, 0.3) is 5.91 Å². The predicted octanol–water partition coefficient (Wildman–Crippen LogP) is 1.69. The van der Waals surface area contributed by atoms with Gasteiger partial charge in [0.15, 0.2) is 0 Å². The van der Waals surface area contributed by atoms with Gasteiger partial charge in [0.2, 0.25) is 5.82 Å². The first-order valence-corrected chi connectivity index (χ1v) is 7.73. The van der Waals surface area contributed by atoms with E-state index >= 15 is 0 Å². The maximum Gasteiger partial charge on any atom is 0.293 e. The normalized spacial score (nSPS) is 17.7. The monoisotopic (exact) mass is 335 g/mol. The van der Waals surface area contributed by atoms with Gasteiger partial charge in [-0.15, -0.1) is 17.5 Å². The summed E-state index contributed by atoms with van der Waals surface area (Å²) in [5.74, 6) is 1.00. The average Bonchev–Trinajstić information content (AvgIpc) is 3.00. The van der Waals surface area contributed by atoms with Gasteiger partial charge in [0.05, 0.1) is 5.69 Å². The highest BCUT2D eigenvalue weighted by Crippen LogP contribution is 2.13. The lowest BCUT2D eigenvalue weighted by Gasteiger charge is -2.33. The molecule has 0 bridgehead atoms. The molecular weight excluding hydrogens is 314 g/mol. The zero-order valence-electron chi connectivity index (χ0n) is 13.4. The third-order valence-corrected chi connectivity index (χ3v) is 3.94. The van der Waals surface area contributed by atoms with E-state index in [1.165, 1.54) is 0 Å². The largest absolute Gasteiger partial charge is 0.331 e. The van der Waals surface area contributed by atoms with Crippen LogP contribution in [0.1, 0.15) is 30.3 Å². The molecule has 0 aliphatic carbocycles. The quantitative estimate of drug-likeness (QED) is 0.927. The fraction of sp³-hybridized carbons (Fsp3) is 0.438. The van der Waals surface area contributed by atoms with Gasteiger partial charge in [0, 0.05) is 32.1 Å². The molecular formula is C16H22ClN5O. The summed E-state index contributed by atoms with van der Waals surface area (Å²) in [6, 6.07) is 9.97. The number of carbonyl (C=O) groups is 1. The van der Waals surface area contributed by atoms with Crippen LogP contribution in [-0.2, 0) is 6.42 Å². The molecule has 1 aliphatic heterocycles. The van der Waals surface area contributed by atoms with Crippen LogP contribution >= 0.6 is 12.4 Å². The summed E-state index contributed by atoms with van der Waals surface area (Å²) in [5.41, 5.74) is 0.930. The van der Waals surface area contributed by atoms with E-state index in [1.807, 2.05) is 49.1 Å². The van der Waals surface area contributed by atoms with E-state index in [9.17, 15) is 4.79 Å². The number of hydrogen-bond donors (Lipinski definition) is 1. The summed E-state index contributed by atoms with van der Waals surface area (Å²) in [6.07, 6.45) is 0.728. The minimum atomic E-state index is -0.0848. The molecule has 1 aromatic carbocycles. The molecule has 6 nitrogen and oxygen atoms in total. The average molecular weight is 336 g/mol. The second-order valence-electron chi connectivity index (χ2n) is 5.50. The standard InChI is InChI=1S/C16H21N5O.ClH/c1-3-14-18-15(16(22)20-10-9-17-11-12(20)2)19-21(14)13-7-5-4-6-8-13;/h4-8,12,17H,3,9-11H2,1-2H3;1H/t12-;/m0./s1. The number of amides is 1. The Labute approximate surface area is 142 Å². The number of nitrogens with one attached hydrogen (secondary N) is 1. The lowest BCUT2D eigenvalue weighted by molar-refractivity contribution is 0.0643. The van der Waals surface area contributed by atoms with Crippen molar-refractivity contribution in [1.29, 1.82) is 0 Å². The van der Waals surface area contributed by atoms with Crippen LogP contribution in [0.4, 0.5) is 0 Å². The Morgan fingerprint density at radius 1 is 1.35 bits per heavy atom. The van der Waals surface area contributed by atoms with Crippen LogP contribution in [-0.4, -0.2) is 51.2 Å². The van der Waals surface area contributed by atoms with Crippen LogP contribution in [0.3, 0.4) is 0 Å². The zero-order valence-corrected chi connectivity index (χ0v) is 14.2. The Hall–Kier alpha value is -1.92. The summed E-state index contributed by atoms with van der Waals surface area (Å²) in [7, 11) is 0. The predicted molar refractivity (Wildman–Crippen MR) is 91.4 cm³/mol. The van der Waals surface area contributed by atoms with Gasteiger partial charge >= 0.3 is 0 Å². The molecule has 1 atom stereocenters. The van der Waals surface area contributed by atoms with Crippen molar-refractivity contribution in [2.45, 2.75) is 26.3 Å². The van der Waals surface area contributed by atoms with Gasteiger partial charge in [-0.25, -0.2) is 9.67 Å². The summed E-state index contributed by atoms with van der Waals surface area (Å²) in [4.78, 5) is 19.0. The number of aromatic nitrogens is 3. The van der Waals surface area contributed by atoms with Gasteiger partial charge < -0.3 is 10.2 Å². The third-order valence-electron chi connectivity index (χ3n) is 3.94. The molecule has 1 fully saturated rings. The van der Waals surface area contributed by atoms with E-state index in [0.29, 0.717) is 6.54 Å². The van der Waals surface area contributed by atoms with Crippen molar-refractivity contribution in [2.75, 3.05) is 19.6 Å². The van der Waals surface area contributed by atoms with Gasteiger partial charge in [-0.3, -0.25) is 4.79 Å². The Morgan fingerprint density at radius 2 is 2.09 bits per heavy atom. The molecule has 7 heteroatoms. The number of para-hydroxylation sites is 1. The number of halogens is 1. The lowest BCUT2D eigenvalue weighted by atomic mass is 10.2. The molecule has 0 unspecified atom stereocenters. The van der Waals surface area contributed by atoms with Crippen molar-refractivity contribution < 1.29 is 4.79 Å². The van der Waals surface area contributed by atoms with Crippen LogP contribution in [0.25, 0.3) is 5.69 Å². The highest BCUT2D eigenvalue weighted by molar-refractivity contribution is 5.90. The first-order chi connectivity index (χ1) is 10.7. The van der Waals surface area contributed by atoms with Crippen LogP contribution in [0, 0.1) is 0 Å². The molecule has 2 aromatic rings. The van der Waals surface area contributed by atoms with E-state index in [-0.39, 0.29) is 30.2 Å². The molecule has 1 N–H and O–H groups in total. The highest BCUT2D eigenvalue weighted by atomic mass is 35.5. The van der Waals surface area contributed by atoms with Gasteiger partial charge in [-0.05, 0) is 19.1 Å². The maximum absolute atomic E-state index is 12.7. The highest BCUT2D eigenvalue weighted by Gasteiger charge is 2.27. The van der Waals surface area contributed by atoms with Crippen molar-refractivity contribution >= 4 is 18.3 Å². The fourth-order valence-electron chi connectivity index (χ4n) is 2.71. The molecule has 0 saturated carbocycles. The summed E-state index contributed by atoms with van der Waals surface area (Å²) >= 11 is 0. The minimum absolute atomic E-state index is 0. The van der Waals surface area contributed by atoms with Crippen LogP contribution in [0.5, 0.6) is 0 Å². The van der Waals surface area contributed by atoms with Crippen LogP contribution < -0.4 is 5.32 Å². The van der Waals surface area contributed by atoms with Crippen molar-refractivity contribution in [3.63, 3.8) is 0 Å². The first-order valence-electron chi connectivity index (χ1n) is 7.73. The Kier molecular flexibility index (Phi) is 5.74. The number of carbonyl (C=O) groups excluding carboxylic acids is 1. The molecule has 3 rings (SSSR count). The first kappa shape index (κ1) is 17.4. The SMILES string of the molecule is CCc1nc(C(=O)N2CCNC[C@@H]2C)nn1-c1ccccc1.Cl. The number of benzene rings is 1. The Balaban J connectivity index is 0.00000192. The van der Waals surface area contributed by atoms with Crippen molar-refractivity contribution in [1.82, 2.24) is 25.0 Å². The summed E-state index contributed by atoms with van der Waals surface area (Å²) in [5, 5.41) is 7.74. The molecule has 2 heterocycles. The zero-order chi connectivity index (χ0) is 15.5. The molecule has 23 heavy (non-hydrogen) atoms. The molecule has 1 aromatic heterocycles. The van der Waals surface area contributed by atoms with E-state index < -0.39 is 0 Å². The number of nitrogens with zero attached hydrogens (tertiary/aromatic N) is 4. The molecule has 1 amide bonds. The molecule has 0 spiro atoms. The van der Waals surface area contributed by atoms with Crippen molar-refractivity contribution in [3.05, 3.63) is 42.0 Å². The van der Waals surface area contributed by atoms with Crippen molar-refractivity contribution in [2.24, 2.45) is 0 Å². The molecule has 1 aliphatic rings. The second kappa shape index (κ2) is 7.57. The Morgan fingerprint density at radius 3 is 2.74 bits per heavy atom.